The highest BCUT2D eigenvalue weighted by Gasteiger charge is 2.25. The van der Waals surface area contributed by atoms with Gasteiger partial charge in [0, 0.05) is 25.6 Å². The van der Waals surface area contributed by atoms with E-state index in [0.717, 1.165) is 6.54 Å². The van der Waals surface area contributed by atoms with Gasteiger partial charge >= 0.3 is 0 Å². The first-order valence-electron chi connectivity index (χ1n) is 5.09. The van der Waals surface area contributed by atoms with Crippen LogP contribution in [0.3, 0.4) is 0 Å². The summed E-state index contributed by atoms with van der Waals surface area (Å²) in [7, 11) is 0. The van der Waals surface area contributed by atoms with Crippen molar-refractivity contribution >= 4 is 28.8 Å². The van der Waals surface area contributed by atoms with Crippen molar-refractivity contribution < 1.29 is 9.90 Å². The third kappa shape index (κ3) is 2.74. The molecule has 0 unspecified atom stereocenters. The standard InChI is InChI=1S/C10H13ClN2O2S/c11-9-2-1-8(16-9)10(15)13-4-6-3-12-5-7(6)14/h1-2,6-7,12,14H,3-5H2,(H,13,15)/t6-,7+/m0/s1. The van der Waals surface area contributed by atoms with E-state index in [-0.39, 0.29) is 17.9 Å². The second-order valence-electron chi connectivity index (χ2n) is 3.80. The van der Waals surface area contributed by atoms with Crippen molar-refractivity contribution in [1.29, 1.82) is 0 Å². The maximum Gasteiger partial charge on any atom is 0.261 e. The first kappa shape index (κ1) is 11.9. The van der Waals surface area contributed by atoms with Gasteiger partial charge in [0.1, 0.15) is 0 Å². The fraction of sp³-hybridized carbons (Fsp3) is 0.500. The number of aliphatic hydroxyl groups excluding tert-OH is 1. The van der Waals surface area contributed by atoms with E-state index < -0.39 is 0 Å². The molecule has 1 aliphatic rings. The molecule has 16 heavy (non-hydrogen) atoms. The van der Waals surface area contributed by atoms with Crippen molar-refractivity contribution in [3.05, 3.63) is 21.3 Å². The molecule has 0 aromatic carbocycles. The summed E-state index contributed by atoms with van der Waals surface area (Å²) in [4.78, 5) is 12.3. The van der Waals surface area contributed by atoms with Crippen molar-refractivity contribution in [1.82, 2.24) is 10.6 Å². The molecule has 6 heteroatoms. The number of nitrogens with one attached hydrogen (secondary N) is 2. The number of thiophene rings is 1. The van der Waals surface area contributed by atoms with Gasteiger partial charge < -0.3 is 15.7 Å². The fourth-order valence-electron chi connectivity index (χ4n) is 1.67. The number of amides is 1. The molecular weight excluding hydrogens is 248 g/mol. The van der Waals surface area contributed by atoms with Crippen molar-refractivity contribution in [3.63, 3.8) is 0 Å². The molecule has 3 N–H and O–H groups in total. The SMILES string of the molecule is O=C(NC[C@@H]1CNC[C@H]1O)c1ccc(Cl)s1. The number of β-amino-alcohol motifs (C(OH)–C–C–N with tert-alkyl or cyclic N) is 1. The second kappa shape index (κ2) is 5.14. The Bertz CT molecular complexity index is 383. The average Bonchev–Trinajstić information content (AvgIpc) is 2.84. The highest BCUT2D eigenvalue weighted by Crippen LogP contribution is 2.21. The molecule has 1 aliphatic heterocycles. The lowest BCUT2D eigenvalue weighted by Crippen LogP contribution is -2.33. The number of aliphatic hydroxyl groups is 1. The monoisotopic (exact) mass is 260 g/mol. The van der Waals surface area contributed by atoms with E-state index in [0.29, 0.717) is 22.3 Å². The van der Waals surface area contributed by atoms with E-state index in [1.54, 1.807) is 12.1 Å². The van der Waals surface area contributed by atoms with Gasteiger partial charge in [0.25, 0.3) is 5.91 Å². The number of rotatable bonds is 3. The van der Waals surface area contributed by atoms with E-state index in [1.807, 2.05) is 0 Å². The molecule has 1 saturated heterocycles. The number of carbonyl (C=O) groups excluding carboxylic acids is 1. The van der Waals surface area contributed by atoms with Crippen LogP contribution in [-0.2, 0) is 0 Å². The number of hydrogen-bond donors (Lipinski definition) is 3. The molecule has 2 heterocycles. The van der Waals surface area contributed by atoms with E-state index in [4.69, 9.17) is 11.6 Å². The molecule has 2 atom stereocenters. The zero-order valence-corrected chi connectivity index (χ0v) is 10.1. The zero-order chi connectivity index (χ0) is 11.5. The fourth-order valence-corrected chi connectivity index (χ4v) is 2.63. The van der Waals surface area contributed by atoms with Crippen LogP contribution < -0.4 is 10.6 Å². The summed E-state index contributed by atoms with van der Waals surface area (Å²) < 4.78 is 0.604. The van der Waals surface area contributed by atoms with Gasteiger partial charge in [0.2, 0.25) is 0 Å². The molecule has 1 amide bonds. The molecule has 2 rings (SSSR count). The molecule has 1 fully saturated rings. The first-order chi connectivity index (χ1) is 7.66. The zero-order valence-electron chi connectivity index (χ0n) is 8.57. The van der Waals surface area contributed by atoms with Crippen molar-refractivity contribution in [3.8, 4) is 0 Å². The molecule has 0 saturated carbocycles. The predicted octanol–water partition coefficient (Wildman–Crippen LogP) is 0.712. The Morgan fingerprint density at radius 1 is 1.62 bits per heavy atom. The van der Waals surface area contributed by atoms with Crippen molar-refractivity contribution in [2.24, 2.45) is 5.92 Å². The molecule has 1 aromatic rings. The summed E-state index contributed by atoms with van der Waals surface area (Å²) in [5.74, 6) is -0.0321. The quantitative estimate of drug-likeness (QED) is 0.750. The third-order valence-corrected chi connectivity index (χ3v) is 3.86. The van der Waals surface area contributed by atoms with Gasteiger partial charge in [-0.05, 0) is 12.1 Å². The molecule has 0 radical (unpaired) electrons. The molecule has 0 spiro atoms. The maximum atomic E-state index is 11.7. The Morgan fingerprint density at radius 2 is 2.44 bits per heavy atom. The van der Waals surface area contributed by atoms with Crippen LogP contribution in [0, 0.1) is 5.92 Å². The highest BCUT2D eigenvalue weighted by molar-refractivity contribution is 7.17. The Labute approximate surface area is 103 Å². The van der Waals surface area contributed by atoms with Crippen LogP contribution in [0.15, 0.2) is 12.1 Å². The van der Waals surface area contributed by atoms with Gasteiger partial charge in [-0.25, -0.2) is 0 Å². The second-order valence-corrected chi connectivity index (χ2v) is 5.51. The summed E-state index contributed by atoms with van der Waals surface area (Å²) in [6.45, 7) is 1.83. The lowest BCUT2D eigenvalue weighted by atomic mass is 10.1. The Morgan fingerprint density at radius 3 is 3.00 bits per heavy atom. The van der Waals surface area contributed by atoms with Crippen LogP contribution in [-0.4, -0.2) is 36.8 Å². The van der Waals surface area contributed by atoms with Crippen molar-refractivity contribution in [2.75, 3.05) is 19.6 Å². The predicted molar refractivity (Wildman–Crippen MR) is 64.0 cm³/mol. The summed E-state index contributed by atoms with van der Waals surface area (Å²) in [5, 5.41) is 15.4. The molecule has 0 aliphatic carbocycles. The molecule has 4 nitrogen and oxygen atoms in total. The van der Waals surface area contributed by atoms with Crippen LogP contribution in [0.1, 0.15) is 9.67 Å². The molecule has 0 bridgehead atoms. The minimum atomic E-state index is -0.368. The Kier molecular flexibility index (Phi) is 3.81. The average molecular weight is 261 g/mol. The third-order valence-electron chi connectivity index (χ3n) is 2.63. The van der Waals surface area contributed by atoms with Gasteiger partial charge in [-0.1, -0.05) is 11.6 Å². The lowest BCUT2D eigenvalue weighted by Gasteiger charge is -2.13. The summed E-state index contributed by atoms with van der Waals surface area (Å²) in [6.07, 6.45) is -0.368. The lowest BCUT2D eigenvalue weighted by molar-refractivity contribution is 0.0931. The molecule has 1 aromatic heterocycles. The normalized spacial score (nSPS) is 24.6. The van der Waals surface area contributed by atoms with Gasteiger partial charge in [-0.15, -0.1) is 11.3 Å². The number of halogens is 1. The minimum absolute atomic E-state index is 0.0967. The highest BCUT2D eigenvalue weighted by atomic mass is 35.5. The van der Waals surface area contributed by atoms with Crippen LogP contribution in [0.2, 0.25) is 4.34 Å². The van der Waals surface area contributed by atoms with E-state index >= 15 is 0 Å². The van der Waals surface area contributed by atoms with Gasteiger partial charge in [-0.3, -0.25) is 4.79 Å². The molecular formula is C10H13ClN2O2S. The smallest absolute Gasteiger partial charge is 0.261 e. The summed E-state index contributed by atoms with van der Waals surface area (Å²) >= 11 is 7.00. The largest absolute Gasteiger partial charge is 0.391 e. The van der Waals surface area contributed by atoms with Crippen LogP contribution in [0.25, 0.3) is 0 Å². The maximum absolute atomic E-state index is 11.7. The number of hydrogen-bond acceptors (Lipinski definition) is 4. The summed E-state index contributed by atoms with van der Waals surface area (Å²) in [6, 6.07) is 3.40. The van der Waals surface area contributed by atoms with Crippen molar-refractivity contribution in [2.45, 2.75) is 6.10 Å². The van der Waals surface area contributed by atoms with Gasteiger partial charge in [-0.2, -0.15) is 0 Å². The first-order valence-corrected chi connectivity index (χ1v) is 6.28. The molecule has 88 valence electrons. The van der Waals surface area contributed by atoms with Gasteiger partial charge in [0.05, 0.1) is 15.3 Å². The topological polar surface area (TPSA) is 61.4 Å². The van der Waals surface area contributed by atoms with E-state index in [1.165, 1.54) is 11.3 Å². The summed E-state index contributed by atoms with van der Waals surface area (Å²) in [5.41, 5.74) is 0. The van der Waals surface area contributed by atoms with E-state index in [9.17, 15) is 9.90 Å². The number of carbonyl (C=O) groups is 1. The Balaban J connectivity index is 1.84. The van der Waals surface area contributed by atoms with Crippen LogP contribution in [0.4, 0.5) is 0 Å². The minimum Gasteiger partial charge on any atom is -0.391 e. The van der Waals surface area contributed by atoms with Crippen LogP contribution in [0.5, 0.6) is 0 Å². The van der Waals surface area contributed by atoms with Gasteiger partial charge in [0.15, 0.2) is 0 Å². The van der Waals surface area contributed by atoms with Crippen LogP contribution >= 0.6 is 22.9 Å². The Hall–Kier alpha value is -0.620. The van der Waals surface area contributed by atoms with E-state index in [2.05, 4.69) is 10.6 Å².